The molecular weight excluding hydrogens is 204 g/mol. The van der Waals surface area contributed by atoms with Crippen molar-refractivity contribution in [2.45, 2.75) is 25.8 Å². The summed E-state index contributed by atoms with van der Waals surface area (Å²) < 4.78 is 5.37. The van der Waals surface area contributed by atoms with E-state index < -0.39 is 0 Å². The molecule has 1 aliphatic rings. The van der Waals surface area contributed by atoms with E-state index in [4.69, 9.17) is 10.5 Å². The maximum absolute atomic E-state index is 5.61. The van der Waals surface area contributed by atoms with E-state index in [2.05, 4.69) is 14.9 Å². The molecular formula is C11H18N4O. The van der Waals surface area contributed by atoms with Crippen LogP contribution in [0.2, 0.25) is 0 Å². The van der Waals surface area contributed by atoms with Gasteiger partial charge in [-0.2, -0.15) is 0 Å². The van der Waals surface area contributed by atoms with Gasteiger partial charge in [0.15, 0.2) is 0 Å². The summed E-state index contributed by atoms with van der Waals surface area (Å²) in [6.45, 7) is 4.05. The first-order valence-corrected chi connectivity index (χ1v) is 5.76. The number of anilines is 1. The van der Waals surface area contributed by atoms with E-state index in [0.717, 1.165) is 12.4 Å². The van der Waals surface area contributed by atoms with Crippen LogP contribution in [-0.4, -0.2) is 35.7 Å². The predicted octanol–water partition coefficient (Wildman–Crippen LogP) is 0.803. The number of hydrogen-bond acceptors (Lipinski definition) is 5. The zero-order valence-corrected chi connectivity index (χ0v) is 9.59. The Kier molecular flexibility index (Phi) is 3.56. The minimum Gasteiger partial charge on any atom is -0.478 e. The average Bonchev–Trinajstić information content (AvgIpc) is 3.11. The van der Waals surface area contributed by atoms with Gasteiger partial charge in [0.25, 0.3) is 0 Å². The van der Waals surface area contributed by atoms with Crippen molar-refractivity contribution in [2.75, 3.05) is 24.6 Å². The number of rotatable bonds is 6. The van der Waals surface area contributed by atoms with E-state index in [0.29, 0.717) is 25.1 Å². The van der Waals surface area contributed by atoms with Crippen LogP contribution in [0.5, 0.6) is 5.88 Å². The van der Waals surface area contributed by atoms with Crippen molar-refractivity contribution in [2.24, 2.45) is 5.73 Å². The molecule has 0 spiro atoms. The summed E-state index contributed by atoms with van der Waals surface area (Å²) >= 11 is 0. The number of nitrogens with zero attached hydrogens (tertiary/aromatic N) is 3. The van der Waals surface area contributed by atoms with Crippen molar-refractivity contribution in [3.63, 3.8) is 0 Å². The average molecular weight is 222 g/mol. The maximum atomic E-state index is 5.61. The molecule has 0 bridgehead atoms. The largest absolute Gasteiger partial charge is 0.478 e. The Morgan fingerprint density at radius 1 is 1.50 bits per heavy atom. The second-order valence-electron chi connectivity index (χ2n) is 3.86. The number of ether oxygens (including phenoxy) is 1. The molecule has 1 aliphatic carbocycles. The van der Waals surface area contributed by atoms with Crippen molar-refractivity contribution in [1.29, 1.82) is 0 Å². The Morgan fingerprint density at radius 2 is 2.31 bits per heavy atom. The van der Waals surface area contributed by atoms with Crippen LogP contribution in [0.3, 0.4) is 0 Å². The summed E-state index contributed by atoms with van der Waals surface area (Å²) in [4.78, 5) is 10.6. The highest BCUT2D eigenvalue weighted by Crippen LogP contribution is 2.30. The Labute approximate surface area is 95.6 Å². The van der Waals surface area contributed by atoms with E-state index in [1.807, 2.05) is 13.0 Å². The normalized spacial score (nSPS) is 14.9. The lowest BCUT2D eigenvalue weighted by Crippen LogP contribution is -2.32. The Morgan fingerprint density at radius 3 is 2.94 bits per heavy atom. The lowest BCUT2D eigenvalue weighted by atomic mass is 10.4. The summed E-state index contributed by atoms with van der Waals surface area (Å²) in [5.74, 6) is 1.56. The van der Waals surface area contributed by atoms with Crippen LogP contribution in [0.4, 0.5) is 5.82 Å². The van der Waals surface area contributed by atoms with Crippen LogP contribution in [0.25, 0.3) is 0 Å². The van der Waals surface area contributed by atoms with Gasteiger partial charge in [0, 0.05) is 25.2 Å². The molecule has 2 rings (SSSR count). The molecule has 0 amide bonds. The van der Waals surface area contributed by atoms with Gasteiger partial charge in [-0.25, -0.2) is 9.97 Å². The van der Waals surface area contributed by atoms with E-state index >= 15 is 0 Å². The molecule has 88 valence electrons. The molecule has 0 radical (unpaired) electrons. The van der Waals surface area contributed by atoms with Gasteiger partial charge in [0.05, 0.1) is 6.61 Å². The van der Waals surface area contributed by atoms with Gasteiger partial charge in [-0.3, -0.25) is 0 Å². The van der Waals surface area contributed by atoms with Crippen LogP contribution in [0.1, 0.15) is 19.8 Å². The third-order valence-electron chi connectivity index (χ3n) is 2.57. The van der Waals surface area contributed by atoms with Crippen molar-refractivity contribution in [1.82, 2.24) is 9.97 Å². The summed E-state index contributed by atoms with van der Waals surface area (Å²) in [6.07, 6.45) is 4.01. The molecule has 1 saturated carbocycles. The number of aromatic nitrogens is 2. The molecule has 0 unspecified atom stereocenters. The highest BCUT2D eigenvalue weighted by molar-refractivity contribution is 5.43. The number of hydrogen-bond donors (Lipinski definition) is 1. The quantitative estimate of drug-likeness (QED) is 0.771. The Hall–Kier alpha value is -1.36. The smallest absolute Gasteiger partial charge is 0.218 e. The predicted molar refractivity (Wildman–Crippen MR) is 62.6 cm³/mol. The van der Waals surface area contributed by atoms with Crippen molar-refractivity contribution < 1.29 is 4.74 Å². The fourth-order valence-corrected chi connectivity index (χ4v) is 1.72. The maximum Gasteiger partial charge on any atom is 0.218 e. The van der Waals surface area contributed by atoms with Crippen LogP contribution < -0.4 is 15.4 Å². The summed E-state index contributed by atoms with van der Waals surface area (Å²) in [5, 5.41) is 0. The third kappa shape index (κ3) is 2.61. The molecule has 2 N–H and O–H groups in total. The minimum atomic E-state index is 0.605. The Bertz CT molecular complexity index is 341. The fourth-order valence-electron chi connectivity index (χ4n) is 1.72. The van der Waals surface area contributed by atoms with Crippen LogP contribution in [-0.2, 0) is 0 Å². The van der Waals surface area contributed by atoms with Gasteiger partial charge in [0.2, 0.25) is 5.88 Å². The molecule has 16 heavy (non-hydrogen) atoms. The van der Waals surface area contributed by atoms with Gasteiger partial charge in [-0.15, -0.1) is 0 Å². The minimum absolute atomic E-state index is 0.605. The molecule has 0 saturated heterocycles. The molecule has 1 aromatic rings. The fraction of sp³-hybridized carbons (Fsp3) is 0.636. The zero-order chi connectivity index (χ0) is 11.4. The summed E-state index contributed by atoms with van der Waals surface area (Å²) in [6, 6.07) is 2.49. The van der Waals surface area contributed by atoms with Crippen LogP contribution in [0.15, 0.2) is 12.4 Å². The molecule has 0 aromatic carbocycles. The molecule has 5 nitrogen and oxygen atoms in total. The molecule has 1 aromatic heterocycles. The summed E-state index contributed by atoms with van der Waals surface area (Å²) in [7, 11) is 0. The second kappa shape index (κ2) is 5.12. The first-order valence-electron chi connectivity index (χ1n) is 5.76. The SMILES string of the molecule is CCOc1cc(N(CCN)C2CC2)ncn1. The Balaban J connectivity index is 2.12. The highest BCUT2D eigenvalue weighted by atomic mass is 16.5. The molecule has 1 fully saturated rings. The van der Waals surface area contributed by atoms with E-state index in [9.17, 15) is 0 Å². The number of nitrogens with two attached hydrogens (primary N) is 1. The van der Waals surface area contributed by atoms with E-state index in [-0.39, 0.29) is 0 Å². The van der Waals surface area contributed by atoms with Crippen molar-refractivity contribution in [3.8, 4) is 5.88 Å². The molecule has 1 heterocycles. The topological polar surface area (TPSA) is 64.3 Å². The first kappa shape index (κ1) is 11.1. The van der Waals surface area contributed by atoms with Gasteiger partial charge >= 0.3 is 0 Å². The van der Waals surface area contributed by atoms with Gasteiger partial charge in [0.1, 0.15) is 12.1 Å². The summed E-state index contributed by atoms with van der Waals surface area (Å²) in [5.41, 5.74) is 5.61. The van der Waals surface area contributed by atoms with Crippen molar-refractivity contribution in [3.05, 3.63) is 12.4 Å². The van der Waals surface area contributed by atoms with Crippen LogP contribution in [0, 0.1) is 0 Å². The molecule has 5 heteroatoms. The molecule has 0 aliphatic heterocycles. The molecule has 0 atom stereocenters. The zero-order valence-electron chi connectivity index (χ0n) is 9.59. The van der Waals surface area contributed by atoms with E-state index in [1.165, 1.54) is 12.8 Å². The van der Waals surface area contributed by atoms with Crippen LogP contribution >= 0.6 is 0 Å². The van der Waals surface area contributed by atoms with E-state index in [1.54, 1.807) is 6.33 Å². The highest BCUT2D eigenvalue weighted by Gasteiger charge is 2.29. The third-order valence-corrected chi connectivity index (χ3v) is 2.57. The van der Waals surface area contributed by atoms with Crippen molar-refractivity contribution >= 4 is 5.82 Å². The van der Waals surface area contributed by atoms with Gasteiger partial charge in [-0.1, -0.05) is 0 Å². The lowest BCUT2D eigenvalue weighted by molar-refractivity contribution is 0.326. The lowest BCUT2D eigenvalue weighted by Gasteiger charge is -2.22. The first-order chi connectivity index (χ1) is 7.85. The van der Waals surface area contributed by atoms with Gasteiger partial charge < -0.3 is 15.4 Å². The second-order valence-corrected chi connectivity index (χ2v) is 3.86. The monoisotopic (exact) mass is 222 g/mol. The van der Waals surface area contributed by atoms with Gasteiger partial charge in [-0.05, 0) is 19.8 Å². The standard InChI is InChI=1S/C11H18N4O/c1-2-16-11-7-10(13-8-14-11)15(6-5-12)9-3-4-9/h7-9H,2-6,12H2,1H3.